The van der Waals surface area contributed by atoms with Gasteiger partial charge in [0.05, 0.1) is 20.4 Å². The fourth-order valence-corrected chi connectivity index (χ4v) is 2.40. The summed E-state index contributed by atoms with van der Waals surface area (Å²) in [5.74, 6) is 1.41. The highest BCUT2D eigenvalue weighted by atomic mass is 16.5. The minimum absolute atomic E-state index is 0.0135. The van der Waals surface area contributed by atoms with Crippen LogP contribution in [0, 0.1) is 5.92 Å². The van der Waals surface area contributed by atoms with E-state index in [9.17, 15) is 9.59 Å². The summed E-state index contributed by atoms with van der Waals surface area (Å²) in [5, 5.41) is 13.2. The van der Waals surface area contributed by atoms with Gasteiger partial charge in [0, 0.05) is 12.5 Å². The Morgan fingerprint density at radius 3 is 2.69 bits per heavy atom. The van der Waals surface area contributed by atoms with Gasteiger partial charge < -0.3 is 20.1 Å². The summed E-state index contributed by atoms with van der Waals surface area (Å²) < 4.78 is 11.8. The molecule has 0 unspecified atom stereocenters. The predicted octanol–water partition coefficient (Wildman–Crippen LogP) is 0.960. The molecule has 26 heavy (non-hydrogen) atoms. The molecule has 1 aromatic carbocycles. The molecular formula is C17H21N5O4. The molecule has 0 spiro atoms. The standard InChI is InChI=1S/C17H21N5O4/c1-25-13-6-3-11(7-14(13)26-2)8-18-16(23)10-22-9-15(20-21-22)19-17(24)12-4-5-12/h3,6-7,9,12H,4-5,8,10H2,1-2H3,(H,18,23)(H,19,24). The lowest BCUT2D eigenvalue weighted by atomic mass is 10.2. The topological polar surface area (TPSA) is 107 Å². The zero-order chi connectivity index (χ0) is 18.5. The molecule has 3 rings (SSSR count). The Balaban J connectivity index is 1.49. The van der Waals surface area contributed by atoms with Gasteiger partial charge in [-0.3, -0.25) is 9.59 Å². The highest BCUT2D eigenvalue weighted by Crippen LogP contribution is 2.30. The second-order valence-electron chi connectivity index (χ2n) is 6.03. The molecule has 0 saturated heterocycles. The third-order valence-corrected chi connectivity index (χ3v) is 3.98. The van der Waals surface area contributed by atoms with Crippen LogP contribution in [0.5, 0.6) is 11.5 Å². The van der Waals surface area contributed by atoms with Crippen LogP contribution in [0.3, 0.4) is 0 Å². The number of amides is 2. The Bertz CT molecular complexity index is 800. The molecule has 2 amide bonds. The first-order valence-electron chi connectivity index (χ1n) is 8.27. The van der Waals surface area contributed by atoms with Gasteiger partial charge in [0.1, 0.15) is 6.54 Å². The quantitative estimate of drug-likeness (QED) is 0.727. The molecule has 0 radical (unpaired) electrons. The molecule has 2 N–H and O–H groups in total. The monoisotopic (exact) mass is 359 g/mol. The zero-order valence-corrected chi connectivity index (χ0v) is 14.7. The van der Waals surface area contributed by atoms with Crippen LogP contribution in [0.1, 0.15) is 18.4 Å². The van der Waals surface area contributed by atoms with E-state index in [4.69, 9.17) is 9.47 Å². The number of carbonyl (C=O) groups is 2. The number of benzene rings is 1. The lowest BCUT2D eigenvalue weighted by Crippen LogP contribution is -2.27. The Morgan fingerprint density at radius 2 is 2.00 bits per heavy atom. The molecule has 1 aromatic heterocycles. The van der Waals surface area contributed by atoms with Crippen molar-refractivity contribution in [1.82, 2.24) is 20.3 Å². The van der Waals surface area contributed by atoms with Crippen molar-refractivity contribution in [2.75, 3.05) is 19.5 Å². The van der Waals surface area contributed by atoms with Gasteiger partial charge in [-0.1, -0.05) is 11.3 Å². The summed E-state index contributed by atoms with van der Waals surface area (Å²) in [4.78, 5) is 23.7. The van der Waals surface area contributed by atoms with E-state index in [0.717, 1.165) is 18.4 Å². The smallest absolute Gasteiger partial charge is 0.242 e. The van der Waals surface area contributed by atoms with E-state index in [1.54, 1.807) is 26.4 Å². The van der Waals surface area contributed by atoms with Crippen molar-refractivity contribution in [3.05, 3.63) is 30.0 Å². The number of ether oxygens (including phenoxy) is 2. The van der Waals surface area contributed by atoms with Gasteiger partial charge in [-0.25, -0.2) is 4.68 Å². The predicted molar refractivity (Wildman–Crippen MR) is 92.8 cm³/mol. The molecule has 1 fully saturated rings. The summed E-state index contributed by atoms with van der Waals surface area (Å²) in [5.41, 5.74) is 0.881. The normalized spacial score (nSPS) is 13.2. The van der Waals surface area contributed by atoms with Crippen LogP contribution >= 0.6 is 0 Å². The Kier molecular flexibility index (Phi) is 5.35. The highest BCUT2D eigenvalue weighted by Gasteiger charge is 2.30. The minimum Gasteiger partial charge on any atom is -0.493 e. The molecule has 0 bridgehead atoms. The van der Waals surface area contributed by atoms with E-state index in [1.165, 1.54) is 10.9 Å². The first kappa shape index (κ1) is 17.7. The molecule has 0 aliphatic heterocycles. The van der Waals surface area contributed by atoms with Crippen molar-refractivity contribution in [2.45, 2.75) is 25.9 Å². The second-order valence-corrected chi connectivity index (χ2v) is 6.03. The Hall–Kier alpha value is -3.10. The number of nitrogens with one attached hydrogen (secondary N) is 2. The van der Waals surface area contributed by atoms with Crippen molar-refractivity contribution in [2.24, 2.45) is 5.92 Å². The molecule has 138 valence electrons. The number of methoxy groups -OCH3 is 2. The molecule has 1 aliphatic rings. The third kappa shape index (κ3) is 4.50. The summed E-state index contributed by atoms with van der Waals surface area (Å²) >= 11 is 0. The summed E-state index contributed by atoms with van der Waals surface area (Å²) in [6.07, 6.45) is 3.37. The fourth-order valence-electron chi connectivity index (χ4n) is 2.40. The molecule has 1 heterocycles. The number of nitrogens with zero attached hydrogens (tertiary/aromatic N) is 3. The van der Waals surface area contributed by atoms with Gasteiger partial charge >= 0.3 is 0 Å². The van der Waals surface area contributed by atoms with Crippen molar-refractivity contribution in [3.63, 3.8) is 0 Å². The maximum atomic E-state index is 12.1. The zero-order valence-electron chi connectivity index (χ0n) is 14.7. The number of carbonyl (C=O) groups excluding carboxylic acids is 2. The molecule has 2 aromatic rings. The summed E-state index contributed by atoms with van der Waals surface area (Å²) in [7, 11) is 3.13. The van der Waals surface area contributed by atoms with Crippen LogP contribution in [0.2, 0.25) is 0 Å². The van der Waals surface area contributed by atoms with Crippen LogP contribution in [-0.2, 0) is 22.7 Å². The van der Waals surface area contributed by atoms with Gasteiger partial charge in [-0.2, -0.15) is 0 Å². The van der Waals surface area contributed by atoms with Crippen LogP contribution in [0.4, 0.5) is 5.82 Å². The van der Waals surface area contributed by atoms with E-state index in [-0.39, 0.29) is 24.3 Å². The number of anilines is 1. The molecule has 0 atom stereocenters. The molecular weight excluding hydrogens is 338 g/mol. The number of hydrogen-bond acceptors (Lipinski definition) is 6. The van der Waals surface area contributed by atoms with E-state index in [0.29, 0.717) is 23.9 Å². The SMILES string of the molecule is COc1ccc(CNC(=O)Cn2cc(NC(=O)C3CC3)nn2)cc1OC. The van der Waals surface area contributed by atoms with Gasteiger partial charge in [0.25, 0.3) is 0 Å². The lowest BCUT2D eigenvalue weighted by molar-refractivity contribution is -0.122. The van der Waals surface area contributed by atoms with Crippen LogP contribution in [0.25, 0.3) is 0 Å². The van der Waals surface area contributed by atoms with Gasteiger partial charge in [-0.15, -0.1) is 5.10 Å². The first-order chi connectivity index (χ1) is 12.6. The van der Waals surface area contributed by atoms with E-state index in [1.807, 2.05) is 6.07 Å². The maximum Gasteiger partial charge on any atom is 0.242 e. The van der Waals surface area contributed by atoms with Crippen molar-refractivity contribution >= 4 is 17.6 Å². The summed E-state index contributed by atoms with van der Waals surface area (Å²) in [6.45, 7) is 0.360. The average molecular weight is 359 g/mol. The number of rotatable bonds is 8. The number of hydrogen-bond donors (Lipinski definition) is 2. The summed E-state index contributed by atoms with van der Waals surface area (Å²) in [6, 6.07) is 5.44. The Labute approximate surface area is 150 Å². The van der Waals surface area contributed by atoms with E-state index >= 15 is 0 Å². The molecule has 9 heteroatoms. The van der Waals surface area contributed by atoms with Crippen LogP contribution < -0.4 is 20.1 Å². The van der Waals surface area contributed by atoms with Gasteiger partial charge in [-0.05, 0) is 30.5 Å². The maximum absolute atomic E-state index is 12.1. The van der Waals surface area contributed by atoms with Gasteiger partial charge in [0.15, 0.2) is 17.3 Å². The molecule has 1 saturated carbocycles. The average Bonchev–Trinajstić information content (AvgIpc) is 3.42. The van der Waals surface area contributed by atoms with Crippen LogP contribution in [-0.4, -0.2) is 41.0 Å². The largest absolute Gasteiger partial charge is 0.493 e. The molecule has 9 nitrogen and oxygen atoms in total. The Morgan fingerprint density at radius 1 is 1.23 bits per heavy atom. The van der Waals surface area contributed by atoms with Crippen molar-refractivity contribution < 1.29 is 19.1 Å². The van der Waals surface area contributed by atoms with E-state index < -0.39 is 0 Å². The van der Waals surface area contributed by atoms with E-state index in [2.05, 4.69) is 20.9 Å². The fraction of sp³-hybridized carbons (Fsp3) is 0.412. The third-order valence-electron chi connectivity index (χ3n) is 3.98. The second kappa shape index (κ2) is 7.85. The van der Waals surface area contributed by atoms with Crippen molar-refractivity contribution in [3.8, 4) is 11.5 Å². The van der Waals surface area contributed by atoms with Gasteiger partial charge in [0.2, 0.25) is 11.8 Å². The lowest BCUT2D eigenvalue weighted by Gasteiger charge is -2.10. The first-order valence-corrected chi connectivity index (χ1v) is 8.27. The van der Waals surface area contributed by atoms with Crippen molar-refractivity contribution in [1.29, 1.82) is 0 Å². The molecule has 1 aliphatic carbocycles. The number of aromatic nitrogens is 3. The van der Waals surface area contributed by atoms with Crippen LogP contribution in [0.15, 0.2) is 24.4 Å². The highest BCUT2D eigenvalue weighted by molar-refractivity contribution is 5.93. The minimum atomic E-state index is -0.218.